The molecule has 0 bridgehead atoms. The van der Waals surface area contributed by atoms with Crippen molar-refractivity contribution in [1.29, 1.82) is 0 Å². The number of nitrogens with one attached hydrogen (secondary N) is 1. The molecule has 1 aromatic carbocycles. The lowest BCUT2D eigenvalue weighted by Crippen LogP contribution is -2.13. The van der Waals surface area contributed by atoms with E-state index in [4.69, 9.17) is 5.11 Å². The van der Waals surface area contributed by atoms with E-state index in [1.807, 2.05) is 13.0 Å². The zero-order valence-electron chi connectivity index (χ0n) is 10.4. The number of hydrogen-bond donors (Lipinski definition) is 2. The lowest BCUT2D eigenvalue weighted by molar-refractivity contribution is 0.285. The van der Waals surface area contributed by atoms with Crippen LogP contribution in [0.15, 0.2) is 37.4 Å². The van der Waals surface area contributed by atoms with Gasteiger partial charge in [-0.05, 0) is 52.7 Å². The number of thiophene rings is 1. The Labute approximate surface area is 138 Å². The van der Waals surface area contributed by atoms with Crippen LogP contribution in [0.2, 0.25) is 0 Å². The second-order valence-corrected chi connectivity index (χ2v) is 9.09. The molecule has 1 aromatic heterocycles. The van der Waals surface area contributed by atoms with Gasteiger partial charge < -0.3 is 5.11 Å². The molecule has 0 saturated carbocycles. The van der Waals surface area contributed by atoms with E-state index in [2.05, 4.69) is 36.6 Å². The first-order chi connectivity index (χ1) is 9.33. The number of rotatable bonds is 4. The van der Waals surface area contributed by atoms with Crippen LogP contribution in [0.1, 0.15) is 10.4 Å². The number of anilines is 1. The summed E-state index contributed by atoms with van der Waals surface area (Å²) in [5.41, 5.74) is 1.34. The Morgan fingerprint density at radius 3 is 2.55 bits per heavy atom. The number of hydrogen-bond acceptors (Lipinski definition) is 4. The highest BCUT2D eigenvalue weighted by Gasteiger charge is 2.21. The molecule has 0 unspecified atom stereocenters. The van der Waals surface area contributed by atoms with E-state index in [0.29, 0.717) is 14.4 Å². The van der Waals surface area contributed by atoms with Crippen LogP contribution in [0, 0.1) is 6.92 Å². The van der Waals surface area contributed by atoms with Crippen LogP contribution < -0.4 is 4.72 Å². The molecule has 0 fully saturated rings. The van der Waals surface area contributed by atoms with Gasteiger partial charge in [0.15, 0.2) is 0 Å². The summed E-state index contributed by atoms with van der Waals surface area (Å²) >= 11 is 7.75. The molecule has 0 radical (unpaired) electrons. The van der Waals surface area contributed by atoms with Gasteiger partial charge in [0.1, 0.15) is 4.90 Å². The summed E-state index contributed by atoms with van der Waals surface area (Å²) in [6.45, 7) is 1.64. The number of sulfonamides is 1. The van der Waals surface area contributed by atoms with Crippen molar-refractivity contribution in [3.05, 3.63) is 43.0 Å². The van der Waals surface area contributed by atoms with Gasteiger partial charge >= 0.3 is 0 Å². The average Bonchev–Trinajstić information content (AvgIpc) is 2.75. The first-order valence-corrected chi connectivity index (χ1v) is 9.40. The molecule has 2 aromatic rings. The Bertz CT molecular complexity index is 741. The normalized spacial score (nSPS) is 11.6. The SMILES string of the molecule is Cc1cc(Br)ccc1NS(=O)(=O)c1cc(CO)sc1Br. The van der Waals surface area contributed by atoms with Gasteiger partial charge in [-0.3, -0.25) is 4.72 Å². The standard InChI is InChI=1S/C12H11Br2NO3S2/c1-7-4-8(13)2-3-10(7)15-20(17,18)11-5-9(6-16)19-12(11)14/h2-5,15-16H,6H2,1H3. The van der Waals surface area contributed by atoms with E-state index in [1.54, 1.807) is 12.1 Å². The Kier molecular flexibility index (Phi) is 4.91. The molecule has 20 heavy (non-hydrogen) atoms. The number of aryl methyl sites for hydroxylation is 1. The molecule has 2 N–H and O–H groups in total. The van der Waals surface area contributed by atoms with E-state index in [1.165, 1.54) is 17.4 Å². The van der Waals surface area contributed by atoms with E-state index in [-0.39, 0.29) is 11.5 Å². The second-order valence-electron chi connectivity index (χ2n) is 4.07. The van der Waals surface area contributed by atoms with Gasteiger partial charge in [-0.2, -0.15) is 0 Å². The Morgan fingerprint density at radius 2 is 2.00 bits per heavy atom. The van der Waals surface area contributed by atoms with E-state index >= 15 is 0 Å². The number of benzene rings is 1. The molecular weight excluding hydrogens is 430 g/mol. The minimum atomic E-state index is -3.68. The third kappa shape index (κ3) is 3.43. The summed E-state index contributed by atoms with van der Waals surface area (Å²) in [5, 5.41) is 9.07. The molecule has 0 atom stereocenters. The lowest BCUT2D eigenvalue weighted by Gasteiger charge is -2.10. The number of halogens is 2. The monoisotopic (exact) mass is 439 g/mol. The van der Waals surface area contributed by atoms with Crippen molar-refractivity contribution < 1.29 is 13.5 Å². The highest BCUT2D eigenvalue weighted by molar-refractivity contribution is 9.11. The van der Waals surface area contributed by atoms with Crippen LogP contribution in [-0.2, 0) is 16.6 Å². The summed E-state index contributed by atoms with van der Waals surface area (Å²) in [7, 11) is -3.68. The first-order valence-electron chi connectivity index (χ1n) is 5.51. The third-order valence-electron chi connectivity index (χ3n) is 2.58. The largest absolute Gasteiger partial charge is 0.391 e. The van der Waals surface area contributed by atoms with Gasteiger partial charge in [-0.25, -0.2) is 8.42 Å². The van der Waals surface area contributed by atoms with E-state index in [9.17, 15) is 8.42 Å². The summed E-state index contributed by atoms with van der Waals surface area (Å²) in [6.07, 6.45) is 0. The minimum Gasteiger partial charge on any atom is -0.391 e. The van der Waals surface area contributed by atoms with Crippen molar-refractivity contribution in [2.75, 3.05) is 4.72 Å². The highest BCUT2D eigenvalue weighted by atomic mass is 79.9. The van der Waals surface area contributed by atoms with Gasteiger partial charge in [-0.15, -0.1) is 11.3 Å². The maximum absolute atomic E-state index is 12.4. The topological polar surface area (TPSA) is 66.4 Å². The Hall–Kier alpha value is -0.410. The van der Waals surface area contributed by atoms with Crippen LogP contribution in [-0.4, -0.2) is 13.5 Å². The molecule has 0 aliphatic heterocycles. The molecule has 0 aliphatic rings. The summed E-state index contributed by atoms with van der Waals surface area (Å²) in [4.78, 5) is 0.721. The van der Waals surface area contributed by atoms with E-state index in [0.717, 1.165) is 10.0 Å². The smallest absolute Gasteiger partial charge is 0.263 e. The summed E-state index contributed by atoms with van der Waals surface area (Å²) < 4.78 is 28.6. The van der Waals surface area contributed by atoms with Crippen LogP contribution in [0.5, 0.6) is 0 Å². The molecule has 4 nitrogen and oxygen atoms in total. The molecule has 0 spiro atoms. The van der Waals surface area contributed by atoms with Crippen molar-refractivity contribution in [3.63, 3.8) is 0 Å². The zero-order chi connectivity index (χ0) is 14.9. The fourth-order valence-corrected chi connectivity index (χ4v) is 5.75. The quantitative estimate of drug-likeness (QED) is 0.758. The molecule has 108 valence electrons. The van der Waals surface area contributed by atoms with Gasteiger partial charge in [0, 0.05) is 9.35 Å². The van der Waals surface area contributed by atoms with Gasteiger partial charge in [0.25, 0.3) is 10.0 Å². The summed E-state index contributed by atoms with van der Waals surface area (Å²) in [6, 6.07) is 6.77. The maximum Gasteiger partial charge on any atom is 0.263 e. The lowest BCUT2D eigenvalue weighted by atomic mass is 10.2. The molecule has 0 amide bonds. The van der Waals surface area contributed by atoms with Crippen LogP contribution >= 0.6 is 43.2 Å². The predicted molar refractivity (Wildman–Crippen MR) is 87.6 cm³/mol. The van der Waals surface area contributed by atoms with Crippen LogP contribution in [0.25, 0.3) is 0 Å². The molecule has 1 heterocycles. The molecule has 0 saturated heterocycles. The predicted octanol–water partition coefficient (Wildman–Crippen LogP) is 3.87. The second kappa shape index (κ2) is 6.15. The molecule has 0 aliphatic carbocycles. The highest BCUT2D eigenvalue weighted by Crippen LogP contribution is 2.33. The fourth-order valence-electron chi connectivity index (χ4n) is 1.60. The number of aliphatic hydroxyl groups excluding tert-OH is 1. The fraction of sp³-hybridized carbons (Fsp3) is 0.167. The van der Waals surface area contributed by atoms with Crippen LogP contribution in [0.4, 0.5) is 5.69 Å². The van der Waals surface area contributed by atoms with Crippen molar-refractivity contribution >= 4 is 58.9 Å². The van der Waals surface area contributed by atoms with Crippen LogP contribution in [0.3, 0.4) is 0 Å². The van der Waals surface area contributed by atoms with Gasteiger partial charge in [0.05, 0.1) is 16.1 Å². The molecule has 2 rings (SSSR count). The van der Waals surface area contributed by atoms with Gasteiger partial charge in [-0.1, -0.05) is 15.9 Å². The van der Waals surface area contributed by atoms with Crippen molar-refractivity contribution in [3.8, 4) is 0 Å². The van der Waals surface area contributed by atoms with Crippen molar-refractivity contribution in [2.45, 2.75) is 18.4 Å². The minimum absolute atomic E-state index is 0.133. The number of aliphatic hydroxyl groups is 1. The third-order valence-corrected chi connectivity index (χ3v) is 6.68. The Balaban J connectivity index is 2.38. The summed E-state index contributed by atoms with van der Waals surface area (Å²) in [5.74, 6) is 0. The molecule has 8 heteroatoms. The molecular formula is C12H11Br2NO3S2. The van der Waals surface area contributed by atoms with Gasteiger partial charge in [0.2, 0.25) is 0 Å². The average molecular weight is 441 g/mol. The maximum atomic E-state index is 12.4. The van der Waals surface area contributed by atoms with Crippen molar-refractivity contribution in [1.82, 2.24) is 0 Å². The zero-order valence-corrected chi connectivity index (χ0v) is 15.2. The van der Waals surface area contributed by atoms with E-state index < -0.39 is 10.0 Å². The van der Waals surface area contributed by atoms with Crippen molar-refractivity contribution in [2.24, 2.45) is 0 Å². The first kappa shape index (κ1) is 16.0. The Morgan fingerprint density at radius 1 is 1.30 bits per heavy atom.